The lowest BCUT2D eigenvalue weighted by Gasteiger charge is -2.26. The minimum atomic E-state index is 0.589. The second-order valence-corrected chi connectivity index (χ2v) is 4.64. The van der Waals surface area contributed by atoms with E-state index in [9.17, 15) is 0 Å². The van der Waals surface area contributed by atoms with Gasteiger partial charge in [-0.15, -0.1) is 0 Å². The highest BCUT2D eigenvalue weighted by molar-refractivity contribution is 5.37. The fourth-order valence-corrected chi connectivity index (χ4v) is 1.89. The molecule has 0 fully saturated rings. The number of nitrogens with zero attached hydrogens (tertiary/aromatic N) is 2. The molecule has 0 aromatic carbocycles. The summed E-state index contributed by atoms with van der Waals surface area (Å²) in [6, 6.07) is 4.84. The summed E-state index contributed by atoms with van der Waals surface area (Å²) in [5.74, 6) is 0.977. The minimum absolute atomic E-state index is 0.589. The Bertz CT molecular complexity index is 323. The standard InChI is InChI=1S/C14H25N3/c1-5-9-17(12(3)4)11-13-7-8-16-14(10-13)15-6-2/h7-8,10,12H,5-6,9,11H2,1-4H3,(H,15,16). The zero-order chi connectivity index (χ0) is 12.7. The van der Waals surface area contributed by atoms with Crippen LogP contribution in [0.4, 0.5) is 5.82 Å². The smallest absolute Gasteiger partial charge is 0.126 e. The predicted molar refractivity (Wildman–Crippen MR) is 74.2 cm³/mol. The van der Waals surface area contributed by atoms with Gasteiger partial charge in [0.05, 0.1) is 0 Å². The van der Waals surface area contributed by atoms with Gasteiger partial charge in [0.2, 0.25) is 0 Å². The Balaban J connectivity index is 2.68. The third kappa shape index (κ3) is 4.73. The summed E-state index contributed by atoms with van der Waals surface area (Å²) < 4.78 is 0. The van der Waals surface area contributed by atoms with E-state index in [1.54, 1.807) is 0 Å². The molecule has 0 amide bonds. The molecule has 3 nitrogen and oxygen atoms in total. The average molecular weight is 235 g/mol. The van der Waals surface area contributed by atoms with Gasteiger partial charge < -0.3 is 5.32 Å². The number of rotatable bonds is 7. The van der Waals surface area contributed by atoms with Crippen molar-refractivity contribution in [2.45, 2.75) is 46.7 Å². The van der Waals surface area contributed by atoms with E-state index in [0.29, 0.717) is 6.04 Å². The Labute approximate surface area is 105 Å². The first-order valence-corrected chi connectivity index (χ1v) is 6.60. The molecule has 0 spiro atoms. The molecule has 1 aromatic rings. The fraction of sp³-hybridized carbons (Fsp3) is 0.643. The number of nitrogens with one attached hydrogen (secondary N) is 1. The molecule has 0 unspecified atom stereocenters. The molecule has 0 saturated carbocycles. The maximum absolute atomic E-state index is 4.30. The third-order valence-corrected chi connectivity index (χ3v) is 2.81. The lowest BCUT2D eigenvalue weighted by Crippen LogP contribution is -2.31. The van der Waals surface area contributed by atoms with Crippen molar-refractivity contribution in [3.05, 3.63) is 23.9 Å². The summed E-state index contributed by atoms with van der Waals surface area (Å²) >= 11 is 0. The molecule has 0 atom stereocenters. The molecule has 1 rings (SSSR count). The second-order valence-electron chi connectivity index (χ2n) is 4.64. The normalized spacial score (nSPS) is 11.2. The highest BCUT2D eigenvalue weighted by Gasteiger charge is 2.09. The lowest BCUT2D eigenvalue weighted by molar-refractivity contribution is 0.213. The molecule has 0 bridgehead atoms. The summed E-state index contributed by atoms with van der Waals surface area (Å²) in [6.45, 7) is 11.9. The van der Waals surface area contributed by atoms with Gasteiger partial charge in [-0.25, -0.2) is 4.98 Å². The van der Waals surface area contributed by atoms with Crippen LogP contribution < -0.4 is 5.32 Å². The van der Waals surface area contributed by atoms with Crippen LogP contribution in [0, 0.1) is 0 Å². The van der Waals surface area contributed by atoms with Crippen molar-refractivity contribution in [1.29, 1.82) is 0 Å². The third-order valence-electron chi connectivity index (χ3n) is 2.81. The van der Waals surface area contributed by atoms with E-state index in [1.165, 1.54) is 12.0 Å². The molecular formula is C14H25N3. The highest BCUT2D eigenvalue weighted by Crippen LogP contribution is 2.12. The topological polar surface area (TPSA) is 28.2 Å². The van der Waals surface area contributed by atoms with Crippen molar-refractivity contribution in [2.24, 2.45) is 0 Å². The van der Waals surface area contributed by atoms with Crippen molar-refractivity contribution in [2.75, 3.05) is 18.4 Å². The quantitative estimate of drug-likeness (QED) is 0.787. The summed E-state index contributed by atoms with van der Waals surface area (Å²) in [5.41, 5.74) is 1.33. The summed E-state index contributed by atoms with van der Waals surface area (Å²) in [7, 11) is 0. The fourth-order valence-electron chi connectivity index (χ4n) is 1.89. The lowest BCUT2D eigenvalue weighted by atomic mass is 10.2. The zero-order valence-electron chi connectivity index (χ0n) is 11.5. The Morgan fingerprint density at radius 2 is 2.12 bits per heavy atom. The summed E-state index contributed by atoms with van der Waals surface area (Å²) in [6.07, 6.45) is 3.08. The van der Waals surface area contributed by atoms with Crippen LogP contribution in [0.5, 0.6) is 0 Å². The van der Waals surface area contributed by atoms with E-state index in [-0.39, 0.29) is 0 Å². The van der Waals surface area contributed by atoms with Crippen LogP contribution in [-0.4, -0.2) is 29.0 Å². The number of anilines is 1. The maximum atomic E-state index is 4.30. The van der Waals surface area contributed by atoms with Crippen LogP contribution in [-0.2, 0) is 6.54 Å². The second kappa shape index (κ2) is 7.28. The molecule has 17 heavy (non-hydrogen) atoms. The molecule has 0 aliphatic rings. The van der Waals surface area contributed by atoms with Crippen LogP contribution >= 0.6 is 0 Å². The van der Waals surface area contributed by atoms with Gasteiger partial charge in [0.25, 0.3) is 0 Å². The predicted octanol–water partition coefficient (Wildman–Crippen LogP) is 3.13. The Kier molecular flexibility index (Phi) is 5.98. The molecule has 1 N–H and O–H groups in total. The zero-order valence-corrected chi connectivity index (χ0v) is 11.5. The van der Waals surface area contributed by atoms with E-state index in [2.05, 4.69) is 55.0 Å². The highest BCUT2D eigenvalue weighted by atomic mass is 15.1. The first kappa shape index (κ1) is 14.0. The summed E-state index contributed by atoms with van der Waals surface area (Å²) in [4.78, 5) is 6.79. The van der Waals surface area contributed by atoms with Crippen LogP contribution in [0.2, 0.25) is 0 Å². The number of aromatic nitrogens is 1. The molecule has 0 aliphatic heterocycles. The van der Waals surface area contributed by atoms with Gasteiger partial charge in [0, 0.05) is 25.3 Å². The van der Waals surface area contributed by atoms with Gasteiger partial charge in [-0.3, -0.25) is 4.90 Å². The first-order valence-electron chi connectivity index (χ1n) is 6.60. The van der Waals surface area contributed by atoms with Gasteiger partial charge in [0.1, 0.15) is 5.82 Å². The van der Waals surface area contributed by atoms with E-state index in [1.807, 2.05) is 6.20 Å². The van der Waals surface area contributed by atoms with Crippen molar-refractivity contribution >= 4 is 5.82 Å². The van der Waals surface area contributed by atoms with Gasteiger partial charge in [-0.1, -0.05) is 6.92 Å². The molecule has 1 aromatic heterocycles. The monoisotopic (exact) mass is 235 g/mol. The molecule has 0 aliphatic carbocycles. The number of hydrogen-bond acceptors (Lipinski definition) is 3. The van der Waals surface area contributed by atoms with Gasteiger partial charge in [-0.2, -0.15) is 0 Å². The Morgan fingerprint density at radius 1 is 1.35 bits per heavy atom. The van der Waals surface area contributed by atoms with E-state index < -0.39 is 0 Å². The van der Waals surface area contributed by atoms with E-state index in [0.717, 1.165) is 25.5 Å². The van der Waals surface area contributed by atoms with Gasteiger partial charge in [-0.05, 0) is 51.4 Å². The van der Waals surface area contributed by atoms with Gasteiger partial charge >= 0.3 is 0 Å². The van der Waals surface area contributed by atoms with Crippen LogP contribution in [0.25, 0.3) is 0 Å². The molecule has 0 radical (unpaired) electrons. The first-order chi connectivity index (χ1) is 8.17. The van der Waals surface area contributed by atoms with E-state index in [4.69, 9.17) is 0 Å². The van der Waals surface area contributed by atoms with Crippen LogP contribution in [0.15, 0.2) is 18.3 Å². The average Bonchev–Trinajstić information content (AvgIpc) is 2.29. The molecule has 0 saturated heterocycles. The maximum Gasteiger partial charge on any atom is 0.126 e. The Hall–Kier alpha value is -1.09. The van der Waals surface area contributed by atoms with Crippen molar-refractivity contribution < 1.29 is 0 Å². The van der Waals surface area contributed by atoms with E-state index >= 15 is 0 Å². The molecule has 3 heteroatoms. The van der Waals surface area contributed by atoms with Crippen LogP contribution in [0.1, 0.15) is 39.7 Å². The van der Waals surface area contributed by atoms with Crippen molar-refractivity contribution in [1.82, 2.24) is 9.88 Å². The van der Waals surface area contributed by atoms with Crippen LogP contribution in [0.3, 0.4) is 0 Å². The molecular weight excluding hydrogens is 210 g/mol. The molecule has 96 valence electrons. The SMILES string of the molecule is CCCN(Cc1ccnc(NCC)c1)C(C)C. The van der Waals surface area contributed by atoms with Crippen molar-refractivity contribution in [3.63, 3.8) is 0 Å². The largest absolute Gasteiger partial charge is 0.370 e. The molecule has 1 heterocycles. The number of hydrogen-bond donors (Lipinski definition) is 1. The summed E-state index contributed by atoms with van der Waals surface area (Å²) in [5, 5.41) is 3.25. The minimum Gasteiger partial charge on any atom is -0.370 e. The van der Waals surface area contributed by atoms with Gasteiger partial charge in [0.15, 0.2) is 0 Å². The number of pyridine rings is 1. The Morgan fingerprint density at radius 3 is 2.71 bits per heavy atom. The van der Waals surface area contributed by atoms with Crippen molar-refractivity contribution in [3.8, 4) is 0 Å².